The molecule has 1 aromatic heterocycles. The number of aromatic amines is 1. The van der Waals surface area contributed by atoms with E-state index in [0.29, 0.717) is 17.7 Å². The number of benzene rings is 1. The molecule has 2 N–H and O–H groups in total. The molecule has 0 fully saturated rings. The molecule has 1 heterocycles. The molecule has 2 aromatic rings. The van der Waals surface area contributed by atoms with E-state index in [1.165, 1.54) is 0 Å². The molecular weight excluding hydrogens is 280 g/mol. The predicted molar refractivity (Wildman–Crippen MR) is 84.9 cm³/mol. The minimum atomic E-state index is -0.211. The van der Waals surface area contributed by atoms with Crippen molar-refractivity contribution in [1.82, 2.24) is 10.3 Å². The van der Waals surface area contributed by atoms with Crippen molar-refractivity contribution in [2.45, 2.75) is 27.0 Å². The van der Waals surface area contributed by atoms with Crippen LogP contribution in [0.3, 0.4) is 0 Å². The molecule has 1 amide bonds. The SMILES string of the molecule is COCc1cccc(C(=O)NCc2c(C)cc(C)[nH]c2=O)c1. The molecule has 5 heteroatoms. The summed E-state index contributed by atoms with van der Waals surface area (Å²) in [5, 5.41) is 2.79. The van der Waals surface area contributed by atoms with Crippen LogP contribution in [0.1, 0.15) is 32.7 Å². The van der Waals surface area contributed by atoms with Crippen LogP contribution in [-0.2, 0) is 17.9 Å². The highest BCUT2D eigenvalue weighted by atomic mass is 16.5. The zero-order valence-electron chi connectivity index (χ0n) is 13.0. The molecule has 0 saturated heterocycles. The Morgan fingerprint density at radius 2 is 2.05 bits per heavy atom. The van der Waals surface area contributed by atoms with Gasteiger partial charge in [-0.2, -0.15) is 0 Å². The van der Waals surface area contributed by atoms with Gasteiger partial charge in [-0.05, 0) is 43.2 Å². The van der Waals surface area contributed by atoms with E-state index in [-0.39, 0.29) is 18.0 Å². The molecule has 5 nitrogen and oxygen atoms in total. The number of carbonyl (C=O) groups is 1. The fourth-order valence-electron chi connectivity index (χ4n) is 2.34. The fraction of sp³-hybridized carbons (Fsp3) is 0.294. The summed E-state index contributed by atoms with van der Waals surface area (Å²) < 4.78 is 5.06. The Morgan fingerprint density at radius 1 is 1.27 bits per heavy atom. The third-order valence-corrected chi connectivity index (χ3v) is 3.42. The molecule has 0 unspecified atom stereocenters. The number of rotatable bonds is 5. The number of ether oxygens (including phenoxy) is 1. The van der Waals surface area contributed by atoms with Crippen LogP contribution in [0.15, 0.2) is 35.1 Å². The van der Waals surface area contributed by atoms with E-state index >= 15 is 0 Å². The van der Waals surface area contributed by atoms with E-state index in [1.807, 2.05) is 32.0 Å². The third-order valence-electron chi connectivity index (χ3n) is 3.42. The lowest BCUT2D eigenvalue weighted by molar-refractivity contribution is 0.0950. The van der Waals surface area contributed by atoms with Crippen molar-refractivity contribution in [3.8, 4) is 0 Å². The average molecular weight is 300 g/mol. The number of amides is 1. The van der Waals surface area contributed by atoms with E-state index in [9.17, 15) is 9.59 Å². The van der Waals surface area contributed by atoms with E-state index in [4.69, 9.17) is 4.74 Å². The van der Waals surface area contributed by atoms with E-state index < -0.39 is 0 Å². The summed E-state index contributed by atoms with van der Waals surface area (Å²) in [6, 6.07) is 9.12. The zero-order valence-corrected chi connectivity index (χ0v) is 13.0. The third kappa shape index (κ3) is 3.83. The average Bonchev–Trinajstić information content (AvgIpc) is 2.46. The van der Waals surface area contributed by atoms with Gasteiger partial charge in [0.2, 0.25) is 0 Å². The maximum Gasteiger partial charge on any atom is 0.253 e. The summed E-state index contributed by atoms with van der Waals surface area (Å²) in [4.78, 5) is 26.9. The molecule has 0 aliphatic rings. The van der Waals surface area contributed by atoms with Crippen molar-refractivity contribution in [2.24, 2.45) is 0 Å². The molecule has 0 atom stereocenters. The topological polar surface area (TPSA) is 71.2 Å². The van der Waals surface area contributed by atoms with Gasteiger partial charge < -0.3 is 15.0 Å². The Bertz CT molecular complexity index is 735. The largest absolute Gasteiger partial charge is 0.380 e. The number of methoxy groups -OCH3 is 1. The molecule has 0 saturated carbocycles. The maximum atomic E-state index is 12.2. The van der Waals surface area contributed by atoms with E-state index in [1.54, 1.807) is 19.2 Å². The van der Waals surface area contributed by atoms with Crippen molar-refractivity contribution in [1.29, 1.82) is 0 Å². The van der Waals surface area contributed by atoms with Crippen molar-refractivity contribution in [3.63, 3.8) is 0 Å². The highest BCUT2D eigenvalue weighted by Crippen LogP contribution is 2.08. The number of carbonyl (C=O) groups excluding carboxylic acids is 1. The minimum absolute atomic E-state index is 0.161. The molecule has 116 valence electrons. The summed E-state index contributed by atoms with van der Waals surface area (Å²) >= 11 is 0. The number of pyridine rings is 1. The molecular formula is C17H20N2O3. The molecule has 0 radical (unpaired) electrons. The summed E-state index contributed by atoms with van der Waals surface area (Å²) in [6.07, 6.45) is 0. The van der Waals surface area contributed by atoms with Crippen molar-refractivity contribution in [2.75, 3.05) is 7.11 Å². The molecule has 22 heavy (non-hydrogen) atoms. The van der Waals surface area contributed by atoms with E-state index in [2.05, 4.69) is 10.3 Å². The second-order valence-corrected chi connectivity index (χ2v) is 5.26. The molecule has 1 aromatic carbocycles. The highest BCUT2D eigenvalue weighted by molar-refractivity contribution is 5.94. The molecule has 0 spiro atoms. The first-order valence-electron chi connectivity index (χ1n) is 7.06. The lowest BCUT2D eigenvalue weighted by Crippen LogP contribution is -2.28. The lowest BCUT2D eigenvalue weighted by atomic mass is 10.1. The van der Waals surface area contributed by atoms with Crippen molar-refractivity contribution < 1.29 is 9.53 Å². The van der Waals surface area contributed by atoms with Gasteiger partial charge in [0.05, 0.1) is 6.61 Å². The van der Waals surface area contributed by atoms with Gasteiger partial charge in [-0.3, -0.25) is 9.59 Å². The Hall–Kier alpha value is -2.40. The van der Waals surface area contributed by atoms with Gasteiger partial charge in [-0.1, -0.05) is 12.1 Å². The van der Waals surface area contributed by atoms with Crippen LogP contribution in [0, 0.1) is 13.8 Å². The van der Waals surface area contributed by atoms with Crippen LogP contribution >= 0.6 is 0 Å². The van der Waals surface area contributed by atoms with Gasteiger partial charge in [-0.15, -0.1) is 0 Å². The fourth-order valence-corrected chi connectivity index (χ4v) is 2.34. The number of hydrogen-bond acceptors (Lipinski definition) is 3. The molecule has 2 rings (SSSR count). The Morgan fingerprint density at radius 3 is 2.73 bits per heavy atom. The van der Waals surface area contributed by atoms with Gasteiger partial charge in [-0.25, -0.2) is 0 Å². The van der Waals surface area contributed by atoms with E-state index in [0.717, 1.165) is 16.8 Å². The first-order chi connectivity index (χ1) is 10.5. The van der Waals surface area contributed by atoms with Crippen molar-refractivity contribution in [3.05, 3.63) is 68.6 Å². The first kappa shape index (κ1) is 16.0. The van der Waals surface area contributed by atoms with Crippen LogP contribution < -0.4 is 10.9 Å². The number of aryl methyl sites for hydroxylation is 2. The van der Waals surface area contributed by atoms with Gasteiger partial charge in [0.1, 0.15) is 0 Å². The second-order valence-electron chi connectivity index (χ2n) is 5.26. The van der Waals surface area contributed by atoms with Crippen molar-refractivity contribution >= 4 is 5.91 Å². The predicted octanol–water partition coefficient (Wildman–Crippen LogP) is 2.07. The summed E-state index contributed by atoms with van der Waals surface area (Å²) in [7, 11) is 1.61. The van der Waals surface area contributed by atoms with Gasteiger partial charge >= 0.3 is 0 Å². The van der Waals surface area contributed by atoms with Crippen LogP contribution in [0.2, 0.25) is 0 Å². The van der Waals surface area contributed by atoms with Gasteiger partial charge in [0.15, 0.2) is 0 Å². The summed E-state index contributed by atoms with van der Waals surface area (Å²) in [5.41, 5.74) is 3.58. The van der Waals surface area contributed by atoms with Crippen LogP contribution in [0.5, 0.6) is 0 Å². The van der Waals surface area contributed by atoms with Gasteiger partial charge in [0.25, 0.3) is 11.5 Å². The Labute approximate surface area is 129 Å². The zero-order chi connectivity index (χ0) is 16.1. The second kappa shape index (κ2) is 7.04. The summed E-state index contributed by atoms with van der Waals surface area (Å²) in [6.45, 7) is 4.35. The smallest absolute Gasteiger partial charge is 0.253 e. The number of aromatic nitrogens is 1. The first-order valence-corrected chi connectivity index (χ1v) is 7.06. The quantitative estimate of drug-likeness (QED) is 0.888. The monoisotopic (exact) mass is 300 g/mol. The Balaban J connectivity index is 2.10. The van der Waals surface area contributed by atoms with Crippen LogP contribution in [0.25, 0.3) is 0 Å². The van der Waals surface area contributed by atoms with Gasteiger partial charge in [0, 0.05) is 30.5 Å². The molecule has 0 aliphatic heterocycles. The maximum absolute atomic E-state index is 12.2. The summed E-state index contributed by atoms with van der Waals surface area (Å²) in [5.74, 6) is -0.211. The molecule has 0 bridgehead atoms. The lowest BCUT2D eigenvalue weighted by Gasteiger charge is -2.09. The number of H-pyrrole nitrogens is 1. The standard InChI is InChI=1S/C17H20N2O3/c1-11-7-12(2)19-17(21)15(11)9-18-16(20)14-6-4-5-13(8-14)10-22-3/h4-8H,9-10H2,1-3H3,(H,18,20)(H,19,21). The number of nitrogens with one attached hydrogen (secondary N) is 2. The normalized spacial score (nSPS) is 10.5. The minimum Gasteiger partial charge on any atom is -0.380 e. The molecule has 0 aliphatic carbocycles. The number of hydrogen-bond donors (Lipinski definition) is 2. The van der Waals surface area contributed by atoms with Crippen LogP contribution in [-0.4, -0.2) is 18.0 Å². The Kier molecular flexibility index (Phi) is 5.12. The van der Waals surface area contributed by atoms with Crippen LogP contribution in [0.4, 0.5) is 0 Å². The highest BCUT2D eigenvalue weighted by Gasteiger charge is 2.09.